The first-order valence-corrected chi connectivity index (χ1v) is 7.14. The van der Waals surface area contributed by atoms with Crippen LogP contribution < -0.4 is 5.32 Å². The normalized spacial score (nSPS) is 18.4. The van der Waals surface area contributed by atoms with E-state index in [4.69, 9.17) is 9.52 Å². The molecule has 1 aliphatic rings. The van der Waals surface area contributed by atoms with Crippen LogP contribution in [-0.2, 0) is 6.54 Å². The lowest BCUT2D eigenvalue weighted by molar-refractivity contribution is 0.0659. The molecule has 0 saturated heterocycles. The molecule has 1 aliphatic carbocycles. The van der Waals surface area contributed by atoms with E-state index in [1.807, 2.05) is 6.07 Å². The van der Waals surface area contributed by atoms with Gasteiger partial charge in [-0.05, 0) is 38.7 Å². The van der Waals surface area contributed by atoms with E-state index < -0.39 is 5.97 Å². The average molecular weight is 265 g/mol. The maximum atomic E-state index is 10.9. The van der Waals surface area contributed by atoms with E-state index in [0.29, 0.717) is 23.9 Å². The number of furan rings is 1. The molecule has 0 bridgehead atoms. The molecule has 2 N–H and O–H groups in total. The molecule has 0 aromatic carbocycles. The number of nitrogens with one attached hydrogen (secondary N) is 1. The van der Waals surface area contributed by atoms with Crippen LogP contribution in [0.15, 0.2) is 10.5 Å². The summed E-state index contributed by atoms with van der Waals surface area (Å²) in [6.07, 6.45) is 6.62. The smallest absolute Gasteiger partial charge is 0.372 e. The first kappa shape index (κ1) is 14.1. The fraction of sp³-hybridized carbons (Fsp3) is 0.667. The van der Waals surface area contributed by atoms with Crippen LogP contribution in [0.5, 0.6) is 0 Å². The molecular weight excluding hydrogens is 242 g/mol. The van der Waals surface area contributed by atoms with E-state index in [0.717, 1.165) is 5.92 Å². The van der Waals surface area contributed by atoms with E-state index in [9.17, 15) is 4.79 Å². The average Bonchev–Trinajstić information content (AvgIpc) is 2.78. The van der Waals surface area contributed by atoms with Crippen LogP contribution >= 0.6 is 0 Å². The maximum absolute atomic E-state index is 10.9. The van der Waals surface area contributed by atoms with Gasteiger partial charge in [-0.3, -0.25) is 0 Å². The Labute approximate surface area is 114 Å². The molecule has 0 unspecified atom stereocenters. The third-order valence-electron chi connectivity index (χ3n) is 4.12. The zero-order chi connectivity index (χ0) is 13.8. The van der Waals surface area contributed by atoms with Gasteiger partial charge in [0.2, 0.25) is 5.76 Å². The Kier molecular flexibility index (Phi) is 4.64. The molecule has 106 valence electrons. The number of aromatic carboxylic acids is 1. The molecule has 1 heterocycles. The summed E-state index contributed by atoms with van der Waals surface area (Å²) in [5.74, 6) is 0.507. The van der Waals surface area contributed by atoms with Crippen LogP contribution in [-0.4, -0.2) is 17.1 Å². The van der Waals surface area contributed by atoms with Crippen molar-refractivity contribution in [3.05, 3.63) is 23.2 Å². The molecule has 0 amide bonds. The Morgan fingerprint density at radius 1 is 1.47 bits per heavy atom. The lowest BCUT2D eigenvalue weighted by atomic mass is 9.84. The van der Waals surface area contributed by atoms with Crippen LogP contribution in [0.2, 0.25) is 0 Å². The molecule has 1 aromatic rings. The molecule has 0 spiro atoms. The minimum atomic E-state index is -0.996. The number of carbonyl (C=O) groups is 1. The van der Waals surface area contributed by atoms with Gasteiger partial charge in [0, 0.05) is 11.6 Å². The van der Waals surface area contributed by atoms with Gasteiger partial charge < -0.3 is 14.8 Å². The fourth-order valence-corrected chi connectivity index (χ4v) is 2.91. The predicted molar refractivity (Wildman–Crippen MR) is 73.3 cm³/mol. The first-order valence-electron chi connectivity index (χ1n) is 7.14. The highest BCUT2D eigenvalue weighted by Crippen LogP contribution is 2.26. The number of aryl methyl sites for hydroxylation is 1. The summed E-state index contributed by atoms with van der Waals surface area (Å²) in [4.78, 5) is 10.9. The number of rotatable bonds is 5. The topological polar surface area (TPSA) is 62.5 Å². The molecule has 1 fully saturated rings. The predicted octanol–water partition coefficient (Wildman–Crippen LogP) is 3.34. The lowest BCUT2D eigenvalue weighted by Gasteiger charge is -2.28. The second kappa shape index (κ2) is 6.24. The standard InChI is InChI=1S/C15H23NO3/c1-10-8-13(19-14(10)15(17)18)9-16-11(2)12-6-4-3-5-7-12/h8,11-12,16H,3-7,9H2,1-2H3,(H,17,18)/t11-/m0/s1. The Morgan fingerprint density at radius 3 is 2.74 bits per heavy atom. The monoisotopic (exact) mass is 265 g/mol. The minimum Gasteiger partial charge on any atom is -0.475 e. The number of carboxylic acid groups (broad SMARTS) is 1. The Hall–Kier alpha value is -1.29. The van der Waals surface area contributed by atoms with Gasteiger partial charge in [-0.2, -0.15) is 0 Å². The molecule has 1 saturated carbocycles. The first-order chi connectivity index (χ1) is 9.08. The van der Waals surface area contributed by atoms with Gasteiger partial charge in [-0.15, -0.1) is 0 Å². The van der Waals surface area contributed by atoms with Gasteiger partial charge in [-0.1, -0.05) is 19.3 Å². The van der Waals surface area contributed by atoms with Crippen molar-refractivity contribution in [2.45, 2.75) is 58.5 Å². The molecule has 4 heteroatoms. The number of carboxylic acids is 1. The largest absolute Gasteiger partial charge is 0.475 e. The van der Waals surface area contributed by atoms with E-state index in [1.165, 1.54) is 32.1 Å². The summed E-state index contributed by atoms with van der Waals surface area (Å²) >= 11 is 0. The fourth-order valence-electron chi connectivity index (χ4n) is 2.91. The molecule has 1 atom stereocenters. The highest BCUT2D eigenvalue weighted by molar-refractivity contribution is 5.86. The summed E-state index contributed by atoms with van der Waals surface area (Å²) in [7, 11) is 0. The zero-order valence-electron chi connectivity index (χ0n) is 11.7. The Morgan fingerprint density at radius 2 is 2.16 bits per heavy atom. The SMILES string of the molecule is Cc1cc(CN[C@@H](C)C2CCCCC2)oc1C(=O)O. The molecule has 4 nitrogen and oxygen atoms in total. The van der Waals surface area contributed by atoms with Gasteiger partial charge in [0.05, 0.1) is 6.54 Å². The second-order valence-electron chi connectivity index (χ2n) is 5.60. The van der Waals surface area contributed by atoms with E-state index in [-0.39, 0.29) is 5.76 Å². The van der Waals surface area contributed by atoms with Crippen LogP contribution in [0.4, 0.5) is 0 Å². The third-order valence-corrected chi connectivity index (χ3v) is 4.12. The summed E-state index contributed by atoms with van der Waals surface area (Å²) in [5, 5.41) is 12.4. The quantitative estimate of drug-likeness (QED) is 0.857. The van der Waals surface area contributed by atoms with Crippen molar-refractivity contribution in [1.29, 1.82) is 0 Å². The van der Waals surface area contributed by atoms with Crippen molar-refractivity contribution < 1.29 is 14.3 Å². The molecule has 0 radical (unpaired) electrons. The number of hydrogen-bond donors (Lipinski definition) is 2. The Bertz CT molecular complexity index is 433. The van der Waals surface area contributed by atoms with Crippen molar-refractivity contribution in [3.8, 4) is 0 Å². The zero-order valence-corrected chi connectivity index (χ0v) is 11.7. The van der Waals surface area contributed by atoms with Gasteiger partial charge in [0.1, 0.15) is 5.76 Å². The maximum Gasteiger partial charge on any atom is 0.372 e. The summed E-state index contributed by atoms with van der Waals surface area (Å²) in [5.41, 5.74) is 0.689. The van der Waals surface area contributed by atoms with Crippen LogP contribution in [0.1, 0.15) is 60.9 Å². The summed E-state index contributed by atoms with van der Waals surface area (Å²) in [6.45, 7) is 4.58. The van der Waals surface area contributed by atoms with Crippen LogP contribution in [0, 0.1) is 12.8 Å². The van der Waals surface area contributed by atoms with Crippen LogP contribution in [0.25, 0.3) is 0 Å². The van der Waals surface area contributed by atoms with Gasteiger partial charge in [0.15, 0.2) is 0 Å². The van der Waals surface area contributed by atoms with Crippen molar-refractivity contribution >= 4 is 5.97 Å². The summed E-state index contributed by atoms with van der Waals surface area (Å²) in [6, 6.07) is 2.27. The highest BCUT2D eigenvalue weighted by atomic mass is 16.4. The molecule has 0 aliphatic heterocycles. The van der Waals surface area contributed by atoms with E-state index in [2.05, 4.69) is 12.2 Å². The van der Waals surface area contributed by atoms with Gasteiger partial charge >= 0.3 is 5.97 Å². The van der Waals surface area contributed by atoms with Crippen molar-refractivity contribution in [1.82, 2.24) is 5.32 Å². The Balaban J connectivity index is 1.87. The van der Waals surface area contributed by atoms with Crippen LogP contribution in [0.3, 0.4) is 0 Å². The van der Waals surface area contributed by atoms with Crippen molar-refractivity contribution in [3.63, 3.8) is 0 Å². The molecule has 1 aromatic heterocycles. The minimum absolute atomic E-state index is 0.0575. The summed E-state index contributed by atoms with van der Waals surface area (Å²) < 4.78 is 5.35. The molecule has 2 rings (SSSR count). The number of hydrogen-bond acceptors (Lipinski definition) is 3. The molecule has 19 heavy (non-hydrogen) atoms. The van der Waals surface area contributed by atoms with Crippen molar-refractivity contribution in [2.75, 3.05) is 0 Å². The molecular formula is C15H23NO3. The van der Waals surface area contributed by atoms with Gasteiger partial charge in [0.25, 0.3) is 0 Å². The van der Waals surface area contributed by atoms with E-state index in [1.54, 1.807) is 6.92 Å². The lowest BCUT2D eigenvalue weighted by Crippen LogP contribution is -2.34. The third kappa shape index (κ3) is 3.60. The van der Waals surface area contributed by atoms with Gasteiger partial charge in [-0.25, -0.2) is 4.79 Å². The van der Waals surface area contributed by atoms with E-state index >= 15 is 0 Å². The van der Waals surface area contributed by atoms with Crippen molar-refractivity contribution in [2.24, 2.45) is 5.92 Å². The second-order valence-corrected chi connectivity index (χ2v) is 5.60. The highest BCUT2D eigenvalue weighted by Gasteiger charge is 2.20.